The molecule has 96 valence electrons. The molecule has 1 N–H and O–H groups in total. The minimum absolute atomic E-state index is 0.519. The van der Waals surface area contributed by atoms with Crippen molar-refractivity contribution in [1.29, 1.82) is 0 Å². The van der Waals surface area contributed by atoms with Gasteiger partial charge < -0.3 is 10.1 Å². The molecule has 0 amide bonds. The Kier molecular flexibility index (Phi) is 4.94. The van der Waals surface area contributed by atoms with E-state index in [2.05, 4.69) is 31.4 Å². The smallest absolute Gasteiger partial charge is 0.299 e. The number of hydrogen-bond acceptors (Lipinski definition) is 5. The summed E-state index contributed by atoms with van der Waals surface area (Å²) in [5.41, 5.74) is 0. The van der Waals surface area contributed by atoms with Gasteiger partial charge in [0, 0.05) is 11.6 Å². The fourth-order valence-corrected chi connectivity index (χ4v) is 2.67. The summed E-state index contributed by atoms with van der Waals surface area (Å²) in [4.78, 5) is 0. The summed E-state index contributed by atoms with van der Waals surface area (Å²) in [6.45, 7) is 3.65. The minimum atomic E-state index is 0.519. The molecule has 4 nitrogen and oxygen atoms in total. The van der Waals surface area contributed by atoms with Gasteiger partial charge in [-0.2, -0.15) is 0 Å². The number of aromatic nitrogens is 2. The Hall–Kier alpha value is -0.690. The lowest BCUT2D eigenvalue weighted by molar-refractivity contribution is 0.470. The van der Waals surface area contributed by atoms with Crippen LogP contribution in [0.4, 0.5) is 0 Å². The first-order valence-corrected chi connectivity index (χ1v) is 7.33. The zero-order chi connectivity index (χ0) is 13.0. The number of ether oxygens (including phenoxy) is 1. The van der Waals surface area contributed by atoms with Crippen LogP contribution >= 0.6 is 38.9 Å². The molecule has 0 aliphatic carbocycles. The van der Waals surface area contributed by atoms with Gasteiger partial charge in [0.1, 0.15) is 10.8 Å². The highest BCUT2D eigenvalue weighted by Crippen LogP contribution is 2.32. The van der Waals surface area contributed by atoms with Crippen LogP contribution in [-0.4, -0.2) is 16.7 Å². The summed E-state index contributed by atoms with van der Waals surface area (Å²) >= 11 is 10.7. The predicted octanol–water partition coefficient (Wildman–Crippen LogP) is 3.86. The Morgan fingerprint density at radius 2 is 2.28 bits per heavy atom. The van der Waals surface area contributed by atoms with Gasteiger partial charge in [0.25, 0.3) is 5.19 Å². The molecule has 0 atom stereocenters. The van der Waals surface area contributed by atoms with Crippen molar-refractivity contribution in [2.75, 3.05) is 6.54 Å². The van der Waals surface area contributed by atoms with E-state index in [1.807, 2.05) is 6.92 Å². The molecule has 1 aromatic heterocycles. The highest BCUT2D eigenvalue weighted by Gasteiger charge is 2.08. The van der Waals surface area contributed by atoms with E-state index in [4.69, 9.17) is 16.3 Å². The lowest BCUT2D eigenvalue weighted by Crippen LogP contribution is -2.11. The molecule has 1 heterocycles. The highest BCUT2D eigenvalue weighted by atomic mass is 79.9. The quantitative estimate of drug-likeness (QED) is 0.891. The molecule has 0 bridgehead atoms. The van der Waals surface area contributed by atoms with Crippen LogP contribution in [0.1, 0.15) is 11.9 Å². The summed E-state index contributed by atoms with van der Waals surface area (Å²) in [6, 6.07) is 5.33. The molecule has 18 heavy (non-hydrogen) atoms. The summed E-state index contributed by atoms with van der Waals surface area (Å²) in [5, 5.41) is 13.3. The minimum Gasteiger partial charge on any atom is -0.429 e. The van der Waals surface area contributed by atoms with Crippen LogP contribution in [0.3, 0.4) is 0 Å². The molecule has 2 rings (SSSR count). The zero-order valence-corrected chi connectivity index (χ0v) is 12.8. The molecule has 0 unspecified atom stereocenters. The zero-order valence-electron chi connectivity index (χ0n) is 9.61. The van der Waals surface area contributed by atoms with Crippen molar-refractivity contribution in [3.05, 3.63) is 32.7 Å². The second-order valence-electron chi connectivity index (χ2n) is 3.42. The Balaban J connectivity index is 2.06. The van der Waals surface area contributed by atoms with Gasteiger partial charge in [-0.15, -0.1) is 5.10 Å². The molecular formula is C11H11BrClN3OS. The van der Waals surface area contributed by atoms with Crippen molar-refractivity contribution in [1.82, 2.24) is 15.5 Å². The summed E-state index contributed by atoms with van der Waals surface area (Å²) < 4.78 is 6.43. The average molecular weight is 349 g/mol. The first kappa shape index (κ1) is 13.7. The molecule has 0 spiro atoms. The van der Waals surface area contributed by atoms with E-state index in [0.717, 1.165) is 16.0 Å². The van der Waals surface area contributed by atoms with Crippen LogP contribution in [0.2, 0.25) is 5.02 Å². The summed E-state index contributed by atoms with van der Waals surface area (Å²) in [5.74, 6) is 0.672. The second kappa shape index (κ2) is 6.47. The van der Waals surface area contributed by atoms with Crippen LogP contribution in [-0.2, 0) is 6.54 Å². The molecule has 7 heteroatoms. The second-order valence-corrected chi connectivity index (χ2v) is 5.73. The maximum absolute atomic E-state index is 5.86. The van der Waals surface area contributed by atoms with E-state index in [9.17, 15) is 0 Å². The third-order valence-electron chi connectivity index (χ3n) is 2.07. The number of rotatable bonds is 5. The van der Waals surface area contributed by atoms with Crippen molar-refractivity contribution < 1.29 is 4.74 Å². The molecule has 0 aliphatic rings. The van der Waals surface area contributed by atoms with E-state index in [1.165, 1.54) is 11.3 Å². The highest BCUT2D eigenvalue weighted by molar-refractivity contribution is 9.10. The monoisotopic (exact) mass is 347 g/mol. The van der Waals surface area contributed by atoms with Crippen molar-refractivity contribution in [3.63, 3.8) is 0 Å². The molecule has 1 aromatic carbocycles. The molecule has 0 saturated heterocycles. The van der Waals surface area contributed by atoms with Crippen molar-refractivity contribution >= 4 is 38.9 Å². The van der Waals surface area contributed by atoms with Gasteiger partial charge in [0.2, 0.25) is 0 Å². The topological polar surface area (TPSA) is 47.0 Å². The Morgan fingerprint density at radius 1 is 1.44 bits per heavy atom. The lowest BCUT2D eigenvalue weighted by atomic mass is 10.3. The SMILES string of the molecule is CCNCc1nnc(Oc2ccc(Cl)cc2Br)s1. The predicted molar refractivity (Wildman–Crippen MR) is 76.5 cm³/mol. The third kappa shape index (κ3) is 3.65. The number of halogens is 2. The largest absolute Gasteiger partial charge is 0.429 e. The fraction of sp³-hybridized carbons (Fsp3) is 0.273. The number of hydrogen-bond donors (Lipinski definition) is 1. The first-order chi connectivity index (χ1) is 8.69. The number of nitrogens with zero attached hydrogens (tertiary/aromatic N) is 2. The molecule has 0 aliphatic heterocycles. The molecule has 0 fully saturated rings. The van der Waals surface area contributed by atoms with Gasteiger partial charge in [-0.25, -0.2) is 0 Å². The van der Waals surface area contributed by atoms with Gasteiger partial charge in [-0.05, 0) is 40.7 Å². The van der Waals surface area contributed by atoms with Crippen molar-refractivity contribution in [2.45, 2.75) is 13.5 Å². The molecule has 0 radical (unpaired) electrons. The Labute approximate surface area is 122 Å². The van der Waals surface area contributed by atoms with Gasteiger partial charge >= 0.3 is 0 Å². The molecular weight excluding hydrogens is 338 g/mol. The Morgan fingerprint density at radius 3 is 3.00 bits per heavy atom. The Bertz CT molecular complexity index is 535. The fourth-order valence-electron chi connectivity index (χ4n) is 1.23. The average Bonchev–Trinajstić information content (AvgIpc) is 2.78. The van der Waals surface area contributed by atoms with Gasteiger partial charge in [-0.1, -0.05) is 35.0 Å². The van der Waals surface area contributed by atoms with Crippen LogP contribution in [0.15, 0.2) is 22.7 Å². The van der Waals surface area contributed by atoms with Crippen LogP contribution < -0.4 is 10.1 Å². The van der Waals surface area contributed by atoms with E-state index in [0.29, 0.717) is 22.5 Å². The van der Waals surface area contributed by atoms with E-state index in [-0.39, 0.29) is 0 Å². The lowest BCUT2D eigenvalue weighted by Gasteiger charge is -2.03. The van der Waals surface area contributed by atoms with Crippen molar-refractivity contribution in [2.24, 2.45) is 0 Å². The number of benzene rings is 1. The van der Waals surface area contributed by atoms with Gasteiger partial charge in [-0.3, -0.25) is 0 Å². The van der Waals surface area contributed by atoms with Crippen LogP contribution in [0.5, 0.6) is 10.9 Å². The van der Waals surface area contributed by atoms with E-state index < -0.39 is 0 Å². The first-order valence-electron chi connectivity index (χ1n) is 5.35. The number of nitrogens with one attached hydrogen (secondary N) is 1. The molecule has 2 aromatic rings. The van der Waals surface area contributed by atoms with Gasteiger partial charge in [0.05, 0.1) is 4.47 Å². The van der Waals surface area contributed by atoms with Crippen LogP contribution in [0.25, 0.3) is 0 Å². The van der Waals surface area contributed by atoms with Crippen molar-refractivity contribution in [3.8, 4) is 10.9 Å². The van der Waals surface area contributed by atoms with E-state index >= 15 is 0 Å². The third-order valence-corrected chi connectivity index (χ3v) is 3.72. The van der Waals surface area contributed by atoms with Crippen LogP contribution in [0, 0.1) is 0 Å². The molecule has 0 saturated carbocycles. The van der Waals surface area contributed by atoms with Gasteiger partial charge in [0.15, 0.2) is 0 Å². The van der Waals surface area contributed by atoms with E-state index in [1.54, 1.807) is 18.2 Å². The maximum atomic E-state index is 5.86. The summed E-state index contributed by atoms with van der Waals surface area (Å²) in [7, 11) is 0. The maximum Gasteiger partial charge on any atom is 0.299 e. The normalized spacial score (nSPS) is 10.6. The standard InChI is InChI=1S/C11H11BrClN3OS/c1-2-14-6-10-15-16-11(18-10)17-9-4-3-7(13)5-8(9)12/h3-5,14H,2,6H2,1H3. The summed E-state index contributed by atoms with van der Waals surface area (Å²) in [6.07, 6.45) is 0.